The van der Waals surface area contributed by atoms with Gasteiger partial charge in [0.05, 0.1) is 13.2 Å². The molecular weight excluding hydrogens is 254 g/mol. The van der Waals surface area contributed by atoms with Crippen LogP contribution < -0.4 is 4.74 Å². The van der Waals surface area contributed by atoms with Crippen molar-refractivity contribution in [3.05, 3.63) is 29.3 Å². The van der Waals surface area contributed by atoms with E-state index < -0.39 is 11.5 Å². The Morgan fingerprint density at radius 2 is 2.30 bits per heavy atom. The lowest BCUT2D eigenvalue weighted by Gasteiger charge is -2.25. The van der Waals surface area contributed by atoms with Crippen molar-refractivity contribution in [2.75, 3.05) is 13.7 Å². The third-order valence-corrected chi connectivity index (χ3v) is 3.83. The molecule has 106 valence electrons. The maximum absolute atomic E-state index is 12.7. The van der Waals surface area contributed by atoms with Crippen LogP contribution in [0.25, 0.3) is 0 Å². The molecule has 0 aromatic heterocycles. The minimum Gasteiger partial charge on any atom is -0.496 e. The Morgan fingerprint density at radius 1 is 1.55 bits per heavy atom. The van der Waals surface area contributed by atoms with Crippen LogP contribution in [0.2, 0.25) is 0 Å². The molecule has 0 saturated carbocycles. The molecule has 1 aliphatic rings. The summed E-state index contributed by atoms with van der Waals surface area (Å²) in [6.07, 6.45) is 1.52. The lowest BCUT2D eigenvalue weighted by atomic mass is 9.84. The minimum absolute atomic E-state index is 0.179. The van der Waals surface area contributed by atoms with Gasteiger partial charge in [0, 0.05) is 12.2 Å². The van der Waals surface area contributed by atoms with Gasteiger partial charge in [-0.3, -0.25) is 4.79 Å². The van der Waals surface area contributed by atoms with E-state index in [-0.39, 0.29) is 5.78 Å². The van der Waals surface area contributed by atoms with Gasteiger partial charge in [0.2, 0.25) is 0 Å². The fourth-order valence-electron chi connectivity index (χ4n) is 2.63. The summed E-state index contributed by atoms with van der Waals surface area (Å²) < 4.78 is 10.9. The normalized spacial score (nSPS) is 23.1. The van der Waals surface area contributed by atoms with Crippen LogP contribution >= 0.6 is 0 Å². The van der Waals surface area contributed by atoms with Crippen molar-refractivity contribution in [3.8, 4) is 11.8 Å². The number of ketones is 1. The molecule has 1 aromatic carbocycles. The van der Waals surface area contributed by atoms with Gasteiger partial charge in [-0.25, -0.2) is 0 Å². The third kappa shape index (κ3) is 2.54. The Bertz CT molecular complexity index is 553. The Labute approximate surface area is 119 Å². The first-order valence-corrected chi connectivity index (χ1v) is 6.74. The van der Waals surface area contributed by atoms with Crippen LogP contribution in [0.4, 0.5) is 0 Å². The number of hydrogen-bond acceptors (Lipinski definition) is 4. The Morgan fingerprint density at radius 3 is 2.85 bits per heavy atom. The van der Waals surface area contributed by atoms with Crippen LogP contribution in [0.15, 0.2) is 18.2 Å². The van der Waals surface area contributed by atoms with Crippen molar-refractivity contribution in [1.29, 1.82) is 5.26 Å². The van der Waals surface area contributed by atoms with Crippen LogP contribution in [0.1, 0.15) is 36.8 Å². The summed E-state index contributed by atoms with van der Waals surface area (Å²) in [4.78, 5) is 12.7. The summed E-state index contributed by atoms with van der Waals surface area (Å²) in [5.41, 5.74) is 0.762. The number of ether oxygens (including phenoxy) is 2. The van der Waals surface area contributed by atoms with Crippen molar-refractivity contribution in [3.63, 3.8) is 0 Å². The minimum atomic E-state index is -0.854. The van der Waals surface area contributed by atoms with Gasteiger partial charge in [0.25, 0.3) is 0 Å². The maximum atomic E-state index is 12.7. The fourth-order valence-corrected chi connectivity index (χ4v) is 2.63. The number of hydrogen-bond donors (Lipinski definition) is 0. The van der Waals surface area contributed by atoms with Crippen LogP contribution in [-0.4, -0.2) is 25.1 Å². The van der Waals surface area contributed by atoms with E-state index in [1.807, 2.05) is 19.1 Å². The molecule has 20 heavy (non-hydrogen) atoms. The molecule has 2 unspecified atom stereocenters. The molecule has 0 bridgehead atoms. The molecule has 2 rings (SSSR count). The standard InChI is InChI=1S/C16H19NO3/c1-11-5-6-14(19-3)12(9-11)13(10-17)15(18)16(2)7-4-8-20-16/h5-6,9,13H,4,7-8H2,1-3H3. The number of methoxy groups -OCH3 is 1. The zero-order valence-corrected chi connectivity index (χ0v) is 12.1. The van der Waals surface area contributed by atoms with E-state index in [9.17, 15) is 10.1 Å². The highest BCUT2D eigenvalue weighted by Gasteiger charge is 2.42. The lowest BCUT2D eigenvalue weighted by molar-refractivity contribution is -0.137. The highest BCUT2D eigenvalue weighted by Crippen LogP contribution is 2.35. The van der Waals surface area contributed by atoms with E-state index in [4.69, 9.17) is 9.47 Å². The predicted molar refractivity (Wildman–Crippen MR) is 74.7 cm³/mol. The number of aryl methyl sites for hydroxylation is 1. The maximum Gasteiger partial charge on any atom is 0.185 e. The van der Waals surface area contributed by atoms with Crippen LogP contribution in [0.5, 0.6) is 5.75 Å². The van der Waals surface area contributed by atoms with Crippen molar-refractivity contribution in [2.24, 2.45) is 0 Å². The largest absolute Gasteiger partial charge is 0.496 e. The molecule has 0 aliphatic carbocycles. The molecule has 2 atom stereocenters. The summed E-state index contributed by atoms with van der Waals surface area (Å²) in [6, 6.07) is 7.64. The second-order valence-electron chi connectivity index (χ2n) is 5.35. The number of nitrogens with zero attached hydrogens (tertiary/aromatic N) is 1. The number of Topliss-reactive ketones (excluding diaryl/α,β-unsaturated/α-hetero) is 1. The van der Waals surface area contributed by atoms with Crippen LogP contribution in [-0.2, 0) is 9.53 Å². The number of carbonyl (C=O) groups excluding carboxylic acids is 1. The molecule has 0 N–H and O–H groups in total. The number of rotatable bonds is 4. The van der Waals surface area contributed by atoms with E-state index in [0.29, 0.717) is 24.3 Å². The molecule has 0 radical (unpaired) electrons. The highest BCUT2D eigenvalue weighted by atomic mass is 16.5. The topological polar surface area (TPSA) is 59.3 Å². The predicted octanol–water partition coefficient (Wildman–Crippen LogP) is 2.75. The first-order chi connectivity index (χ1) is 9.51. The van der Waals surface area contributed by atoms with E-state index in [2.05, 4.69) is 6.07 Å². The number of benzene rings is 1. The van der Waals surface area contributed by atoms with E-state index >= 15 is 0 Å². The first-order valence-electron chi connectivity index (χ1n) is 6.74. The summed E-state index contributed by atoms with van der Waals surface area (Å²) in [5, 5.41) is 9.45. The summed E-state index contributed by atoms with van der Waals surface area (Å²) >= 11 is 0. The Kier molecular flexibility index (Phi) is 4.10. The molecule has 4 nitrogen and oxygen atoms in total. The Hall–Kier alpha value is -1.86. The molecule has 1 heterocycles. The average Bonchev–Trinajstić information content (AvgIpc) is 2.88. The third-order valence-electron chi connectivity index (χ3n) is 3.83. The molecule has 1 aromatic rings. The monoisotopic (exact) mass is 273 g/mol. The molecule has 4 heteroatoms. The zero-order valence-electron chi connectivity index (χ0n) is 12.1. The van der Waals surface area contributed by atoms with Gasteiger partial charge < -0.3 is 9.47 Å². The van der Waals surface area contributed by atoms with Gasteiger partial charge in [-0.05, 0) is 32.8 Å². The zero-order chi connectivity index (χ0) is 14.8. The molecule has 0 spiro atoms. The SMILES string of the molecule is COc1ccc(C)cc1C(C#N)C(=O)C1(C)CCCO1. The van der Waals surface area contributed by atoms with Crippen molar-refractivity contribution < 1.29 is 14.3 Å². The van der Waals surface area contributed by atoms with Gasteiger partial charge in [0.1, 0.15) is 17.3 Å². The smallest absolute Gasteiger partial charge is 0.185 e. The van der Waals surface area contributed by atoms with E-state index in [1.165, 1.54) is 0 Å². The van der Waals surface area contributed by atoms with Crippen LogP contribution in [0, 0.1) is 18.3 Å². The highest BCUT2D eigenvalue weighted by molar-refractivity contribution is 5.96. The summed E-state index contributed by atoms with van der Waals surface area (Å²) in [5.74, 6) is -0.466. The van der Waals surface area contributed by atoms with Crippen LogP contribution in [0.3, 0.4) is 0 Å². The first kappa shape index (κ1) is 14.5. The molecule has 1 fully saturated rings. The fraction of sp³-hybridized carbons (Fsp3) is 0.500. The second-order valence-corrected chi connectivity index (χ2v) is 5.35. The quantitative estimate of drug-likeness (QED) is 0.846. The van der Waals surface area contributed by atoms with Gasteiger partial charge in [-0.15, -0.1) is 0 Å². The van der Waals surface area contributed by atoms with Crippen molar-refractivity contribution in [1.82, 2.24) is 0 Å². The van der Waals surface area contributed by atoms with E-state index in [1.54, 1.807) is 20.1 Å². The number of nitriles is 1. The molecule has 0 amide bonds. The van der Waals surface area contributed by atoms with Gasteiger partial charge in [-0.1, -0.05) is 17.7 Å². The van der Waals surface area contributed by atoms with Gasteiger partial charge in [-0.2, -0.15) is 5.26 Å². The van der Waals surface area contributed by atoms with E-state index in [0.717, 1.165) is 12.0 Å². The van der Waals surface area contributed by atoms with Crippen molar-refractivity contribution >= 4 is 5.78 Å². The molecule has 1 saturated heterocycles. The summed E-state index contributed by atoms with van der Waals surface area (Å²) in [7, 11) is 1.54. The van der Waals surface area contributed by atoms with Crippen molar-refractivity contribution in [2.45, 2.75) is 38.2 Å². The summed E-state index contributed by atoms with van der Waals surface area (Å²) in [6.45, 7) is 4.27. The molecular formula is C16H19NO3. The number of carbonyl (C=O) groups is 1. The Balaban J connectivity index is 2.40. The lowest BCUT2D eigenvalue weighted by Crippen LogP contribution is -2.38. The molecule has 1 aliphatic heterocycles. The second kappa shape index (κ2) is 5.64. The average molecular weight is 273 g/mol. The van der Waals surface area contributed by atoms with Gasteiger partial charge in [0.15, 0.2) is 5.78 Å². The van der Waals surface area contributed by atoms with Gasteiger partial charge >= 0.3 is 0 Å².